The van der Waals surface area contributed by atoms with E-state index in [4.69, 9.17) is 11.6 Å². The predicted octanol–water partition coefficient (Wildman–Crippen LogP) is 3.16. The van der Waals surface area contributed by atoms with E-state index in [1.807, 2.05) is 36.4 Å². The molecule has 0 radical (unpaired) electrons. The molecule has 116 valence electrons. The second kappa shape index (κ2) is 7.07. The lowest BCUT2D eigenvalue weighted by atomic mass is 10.1. The molecule has 0 atom stereocenters. The number of nitrogens with zero attached hydrogens (tertiary/aromatic N) is 3. The van der Waals surface area contributed by atoms with Gasteiger partial charge in [0.2, 0.25) is 5.91 Å². The Kier molecular flexibility index (Phi) is 4.68. The van der Waals surface area contributed by atoms with Crippen molar-refractivity contribution in [2.75, 3.05) is 5.32 Å². The fourth-order valence-electron chi connectivity index (χ4n) is 2.19. The standard InChI is InChI=1S/C17H15ClN4O/c18-15-5-1-13(2-6-15)9-17(23)21-16-7-3-14(4-8-16)10-22-12-19-11-20-22/h1-8,11-12H,9-10H2,(H,21,23). The number of nitrogens with one attached hydrogen (secondary N) is 1. The molecule has 0 bridgehead atoms. The Morgan fingerprint density at radius 2 is 1.74 bits per heavy atom. The Morgan fingerprint density at radius 3 is 2.39 bits per heavy atom. The fraction of sp³-hybridized carbons (Fsp3) is 0.118. The molecule has 3 rings (SSSR count). The summed E-state index contributed by atoms with van der Waals surface area (Å²) in [5, 5.41) is 7.61. The van der Waals surface area contributed by atoms with Gasteiger partial charge in [0.1, 0.15) is 12.7 Å². The molecular weight excluding hydrogens is 312 g/mol. The van der Waals surface area contributed by atoms with Crippen LogP contribution in [0.4, 0.5) is 5.69 Å². The molecule has 0 spiro atoms. The summed E-state index contributed by atoms with van der Waals surface area (Å²) >= 11 is 5.83. The van der Waals surface area contributed by atoms with E-state index in [0.29, 0.717) is 18.0 Å². The van der Waals surface area contributed by atoms with Crippen LogP contribution in [0.2, 0.25) is 5.02 Å². The third-order valence-electron chi connectivity index (χ3n) is 3.33. The summed E-state index contributed by atoms with van der Waals surface area (Å²) in [5.41, 5.74) is 2.78. The summed E-state index contributed by atoms with van der Waals surface area (Å²) in [7, 11) is 0. The first-order valence-electron chi connectivity index (χ1n) is 7.15. The van der Waals surface area contributed by atoms with Crippen molar-refractivity contribution in [2.45, 2.75) is 13.0 Å². The van der Waals surface area contributed by atoms with Gasteiger partial charge >= 0.3 is 0 Å². The summed E-state index contributed by atoms with van der Waals surface area (Å²) in [6, 6.07) is 14.9. The fourth-order valence-corrected chi connectivity index (χ4v) is 2.31. The highest BCUT2D eigenvalue weighted by atomic mass is 35.5. The van der Waals surface area contributed by atoms with Crippen LogP contribution >= 0.6 is 11.6 Å². The summed E-state index contributed by atoms with van der Waals surface area (Å²) in [4.78, 5) is 15.9. The molecule has 0 saturated carbocycles. The monoisotopic (exact) mass is 326 g/mol. The van der Waals surface area contributed by atoms with E-state index < -0.39 is 0 Å². The van der Waals surface area contributed by atoms with Gasteiger partial charge in [-0.1, -0.05) is 35.9 Å². The SMILES string of the molecule is O=C(Cc1ccc(Cl)cc1)Nc1ccc(Cn2cncn2)cc1. The van der Waals surface area contributed by atoms with Crippen molar-refractivity contribution in [3.8, 4) is 0 Å². The lowest BCUT2D eigenvalue weighted by Gasteiger charge is -2.07. The molecule has 0 unspecified atom stereocenters. The lowest BCUT2D eigenvalue weighted by Crippen LogP contribution is -2.14. The van der Waals surface area contributed by atoms with Crippen molar-refractivity contribution < 1.29 is 4.79 Å². The van der Waals surface area contributed by atoms with Crippen LogP contribution in [0.1, 0.15) is 11.1 Å². The minimum absolute atomic E-state index is 0.0589. The van der Waals surface area contributed by atoms with Gasteiger partial charge in [0.15, 0.2) is 0 Å². The number of carbonyl (C=O) groups is 1. The van der Waals surface area contributed by atoms with Crippen LogP contribution in [0.5, 0.6) is 0 Å². The number of aromatic nitrogens is 3. The number of amides is 1. The highest BCUT2D eigenvalue weighted by molar-refractivity contribution is 6.30. The summed E-state index contributed by atoms with van der Waals surface area (Å²) in [6.45, 7) is 0.652. The molecule has 1 heterocycles. The number of hydrogen-bond acceptors (Lipinski definition) is 3. The van der Waals surface area contributed by atoms with Gasteiger partial charge in [-0.25, -0.2) is 9.67 Å². The number of carbonyl (C=O) groups excluding carboxylic acids is 1. The van der Waals surface area contributed by atoms with Crippen LogP contribution < -0.4 is 5.32 Å². The van der Waals surface area contributed by atoms with E-state index in [1.54, 1.807) is 23.1 Å². The van der Waals surface area contributed by atoms with E-state index in [0.717, 1.165) is 16.8 Å². The molecule has 0 fully saturated rings. The van der Waals surface area contributed by atoms with Crippen LogP contribution in [-0.2, 0) is 17.8 Å². The first-order chi connectivity index (χ1) is 11.2. The van der Waals surface area contributed by atoms with Crippen LogP contribution in [0, 0.1) is 0 Å². The largest absolute Gasteiger partial charge is 0.326 e. The molecule has 6 heteroatoms. The number of benzene rings is 2. The summed E-state index contributed by atoms with van der Waals surface area (Å²) in [5.74, 6) is -0.0589. The molecule has 1 amide bonds. The van der Waals surface area contributed by atoms with Gasteiger partial charge in [-0.2, -0.15) is 5.10 Å². The van der Waals surface area contributed by atoms with Crippen molar-refractivity contribution in [2.24, 2.45) is 0 Å². The minimum Gasteiger partial charge on any atom is -0.326 e. The van der Waals surface area contributed by atoms with Crippen LogP contribution in [0.25, 0.3) is 0 Å². The first kappa shape index (κ1) is 15.2. The smallest absolute Gasteiger partial charge is 0.228 e. The van der Waals surface area contributed by atoms with E-state index in [-0.39, 0.29) is 5.91 Å². The van der Waals surface area contributed by atoms with E-state index >= 15 is 0 Å². The Bertz CT molecular complexity index is 767. The third-order valence-corrected chi connectivity index (χ3v) is 3.58. The molecule has 0 aliphatic heterocycles. The number of hydrogen-bond donors (Lipinski definition) is 1. The molecule has 2 aromatic carbocycles. The van der Waals surface area contributed by atoms with E-state index in [9.17, 15) is 4.79 Å². The maximum Gasteiger partial charge on any atom is 0.228 e. The second-order valence-corrected chi connectivity index (χ2v) is 5.58. The van der Waals surface area contributed by atoms with Gasteiger partial charge in [0.25, 0.3) is 0 Å². The van der Waals surface area contributed by atoms with Gasteiger partial charge in [-0.3, -0.25) is 4.79 Å². The second-order valence-electron chi connectivity index (χ2n) is 5.14. The molecular formula is C17H15ClN4O. The molecule has 5 nitrogen and oxygen atoms in total. The van der Waals surface area contributed by atoms with Crippen LogP contribution in [0.15, 0.2) is 61.2 Å². The normalized spacial score (nSPS) is 10.5. The topological polar surface area (TPSA) is 59.8 Å². The van der Waals surface area contributed by atoms with Crippen molar-refractivity contribution in [1.29, 1.82) is 0 Å². The Balaban J connectivity index is 1.57. The Labute approximate surface area is 138 Å². The molecule has 1 N–H and O–H groups in total. The quantitative estimate of drug-likeness (QED) is 0.783. The average molecular weight is 327 g/mol. The third kappa shape index (κ3) is 4.40. The lowest BCUT2D eigenvalue weighted by molar-refractivity contribution is -0.115. The highest BCUT2D eigenvalue weighted by Crippen LogP contribution is 2.13. The van der Waals surface area contributed by atoms with Crippen LogP contribution in [-0.4, -0.2) is 20.7 Å². The van der Waals surface area contributed by atoms with Crippen molar-refractivity contribution in [1.82, 2.24) is 14.8 Å². The zero-order valence-corrected chi connectivity index (χ0v) is 13.1. The zero-order chi connectivity index (χ0) is 16.1. The minimum atomic E-state index is -0.0589. The molecule has 3 aromatic rings. The van der Waals surface area contributed by atoms with Crippen molar-refractivity contribution >= 4 is 23.2 Å². The summed E-state index contributed by atoms with van der Waals surface area (Å²) in [6.07, 6.45) is 3.49. The molecule has 23 heavy (non-hydrogen) atoms. The predicted molar refractivity (Wildman–Crippen MR) is 89.4 cm³/mol. The maximum absolute atomic E-state index is 12.0. The van der Waals surface area contributed by atoms with E-state index in [1.165, 1.54) is 6.33 Å². The molecule has 0 aliphatic carbocycles. The molecule has 1 aromatic heterocycles. The maximum atomic E-state index is 12.0. The number of halogens is 1. The number of anilines is 1. The molecule has 0 aliphatic rings. The van der Waals surface area contributed by atoms with Gasteiger partial charge in [-0.05, 0) is 35.4 Å². The first-order valence-corrected chi connectivity index (χ1v) is 7.52. The van der Waals surface area contributed by atoms with Crippen LogP contribution in [0.3, 0.4) is 0 Å². The Hall–Kier alpha value is -2.66. The van der Waals surface area contributed by atoms with E-state index in [2.05, 4.69) is 15.4 Å². The highest BCUT2D eigenvalue weighted by Gasteiger charge is 2.04. The Morgan fingerprint density at radius 1 is 1.04 bits per heavy atom. The average Bonchev–Trinajstić information content (AvgIpc) is 3.04. The van der Waals surface area contributed by atoms with Gasteiger partial charge < -0.3 is 5.32 Å². The van der Waals surface area contributed by atoms with Gasteiger partial charge in [-0.15, -0.1) is 0 Å². The zero-order valence-electron chi connectivity index (χ0n) is 12.3. The van der Waals surface area contributed by atoms with Crippen molar-refractivity contribution in [3.63, 3.8) is 0 Å². The summed E-state index contributed by atoms with van der Waals surface area (Å²) < 4.78 is 1.74. The number of rotatable bonds is 5. The van der Waals surface area contributed by atoms with Gasteiger partial charge in [0.05, 0.1) is 13.0 Å². The van der Waals surface area contributed by atoms with Crippen molar-refractivity contribution in [3.05, 3.63) is 77.3 Å². The van der Waals surface area contributed by atoms with Gasteiger partial charge in [0, 0.05) is 10.7 Å². The molecule has 0 saturated heterocycles.